The molecule has 1 rings (SSSR count). The van der Waals surface area contributed by atoms with Crippen LogP contribution in [0.4, 0.5) is 4.39 Å². The highest BCUT2D eigenvalue weighted by molar-refractivity contribution is 9.10. The standard InChI is InChI=1S/C12H17BrFN/c1-2-3-4-5-12(15)10-7-6-9(13)8-11(10)14/h6-8,12H,2-5,15H2,1H3. The Kier molecular flexibility index (Phi) is 5.26. The molecule has 3 heteroatoms. The van der Waals surface area contributed by atoms with Gasteiger partial charge in [0.15, 0.2) is 0 Å². The Labute approximate surface area is 99.0 Å². The fraction of sp³-hybridized carbons (Fsp3) is 0.500. The zero-order valence-corrected chi connectivity index (χ0v) is 10.6. The molecule has 0 saturated carbocycles. The largest absolute Gasteiger partial charge is 0.324 e. The van der Waals surface area contributed by atoms with Crippen LogP contribution in [0, 0.1) is 5.82 Å². The lowest BCUT2D eigenvalue weighted by Crippen LogP contribution is -2.11. The lowest BCUT2D eigenvalue weighted by Gasteiger charge is -2.12. The Morgan fingerprint density at radius 2 is 2.13 bits per heavy atom. The fourth-order valence-electron chi connectivity index (χ4n) is 1.57. The summed E-state index contributed by atoms with van der Waals surface area (Å²) in [4.78, 5) is 0. The summed E-state index contributed by atoms with van der Waals surface area (Å²) in [6.45, 7) is 2.14. The zero-order chi connectivity index (χ0) is 11.3. The first-order valence-electron chi connectivity index (χ1n) is 5.35. The molecule has 0 heterocycles. The SMILES string of the molecule is CCCCCC(N)c1ccc(Br)cc1F. The molecule has 0 aliphatic carbocycles. The molecule has 0 spiro atoms. The molecule has 0 aliphatic rings. The van der Waals surface area contributed by atoms with Gasteiger partial charge in [0.1, 0.15) is 5.82 Å². The Bertz CT molecular complexity index is 314. The number of benzene rings is 1. The molecule has 0 bridgehead atoms. The first kappa shape index (κ1) is 12.7. The summed E-state index contributed by atoms with van der Waals surface area (Å²) in [5.74, 6) is -0.214. The summed E-state index contributed by atoms with van der Waals surface area (Å²) in [6.07, 6.45) is 4.24. The van der Waals surface area contributed by atoms with Gasteiger partial charge in [-0.2, -0.15) is 0 Å². The van der Waals surface area contributed by atoms with Gasteiger partial charge in [-0.1, -0.05) is 48.2 Å². The number of rotatable bonds is 5. The van der Waals surface area contributed by atoms with Crippen LogP contribution in [0.3, 0.4) is 0 Å². The van der Waals surface area contributed by atoms with Crippen LogP contribution < -0.4 is 5.73 Å². The van der Waals surface area contributed by atoms with E-state index in [2.05, 4.69) is 22.9 Å². The van der Waals surface area contributed by atoms with E-state index in [-0.39, 0.29) is 11.9 Å². The lowest BCUT2D eigenvalue weighted by molar-refractivity contribution is 0.538. The van der Waals surface area contributed by atoms with Crippen molar-refractivity contribution in [1.29, 1.82) is 0 Å². The normalized spacial score (nSPS) is 12.8. The van der Waals surface area contributed by atoms with Crippen LogP contribution in [0.25, 0.3) is 0 Å². The summed E-state index contributed by atoms with van der Waals surface area (Å²) in [6, 6.07) is 4.88. The van der Waals surface area contributed by atoms with Crippen molar-refractivity contribution in [1.82, 2.24) is 0 Å². The highest BCUT2D eigenvalue weighted by Crippen LogP contribution is 2.23. The molecule has 0 radical (unpaired) electrons. The van der Waals surface area contributed by atoms with Crippen LogP contribution in [0.2, 0.25) is 0 Å². The van der Waals surface area contributed by atoms with Crippen LogP contribution >= 0.6 is 15.9 Å². The van der Waals surface area contributed by atoms with Crippen molar-refractivity contribution in [2.75, 3.05) is 0 Å². The van der Waals surface area contributed by atoms with Crippen molar-refractivity contribution < 1.29 is 4.39 Å². The molecule has 1 aromatic carbocycles. The highest BCUT2D eigenvalue weighted by Gasteiger charge is 2.10. The van der Waals surface area contributed by atoms with Crippen molar-refractivity contribution in [2.45, 2.75) is 38.6 Å². The van der Waals surface area contributed by atoms with Crippen LogP contribution in [0.1, 0.15) is 44.2 Å². The van der Waals surface area contributed by atoms with E-state index in [1.807, 2.05) is 6.07 Å². The molecule has 0 saturated heterocycles. The van der Waals surface area contributed by atoms with E-state index in [1.54, 1.807) is 6.07 Å². The smallest absolute Gasteiger partial charge is 0.129 e. The second kappa shape index (κ2) is 6.23. The molecular formula is C12H17BrFN. The van der Waals surface area contributed by atoms with E-state index in [4.69, 9.17) is 5.73 Å². The minimum absolute atomic E-state index is 0.176. The molecule has 0 aromatic heterocycles. The number of hydrogen-bond donors (Lipinski definition) is 1. The van der Waals surface area contributed by atoms with Crippen LogP contribution in [0.15, 0.2) is 22.7 Å². The molecule has 1 aromatic rings. The van der Waals surface area contributed by atoms with E-state index in [9.17, 15) is 4.39 Å². The Morgan fingerprint density at radius 1 is 1.40 bits per heavy atom. The van der Waals surface area contributed by atoms with Crippen molar-refractivity contribution in [3.8, 4) is 0 Å². The first-order chi connectivity index (χ1) is 7.15. The number of nitrogens with two attached hydrogens (primary N) is 1. The molecule has 2 N–H and O–H groups in total. The van der Waals surface area contributed by atoms with Gasteiger partial charge >= 0.3 is 0 Å². The van der Waals surface area contributed by atoms with Gasteiger partial charge < -0.3 is 5.73 Å². The van der Waals surface area contributed by atoms with Gasteiger partial charge in [-0.3, -0.25) is 0 Å². The number of unbranched alkanes of at least 4 members (excludes halogenated alkanes) is 2. The first-order valence-corrected chi connectivity index (χ1v) is 6.15. The highest BCUT2D eigenvalue weighted by atomic mass is 79.9. The third-order valence-corrected chi connectivity index (χ3v) is 2.97. The zero-order valence-electron chi connectivity index (χ0n) is 8.97. The molecule has 1 unspecified atom stereocenters. The van der Waals surface area contributed by atoms with Crippen LogP contribution in [-0.4, -0.2) is 0 Å². The maximum Gasteiger partial charge on any atom is 0.129 e. The number of halogens is 2. The van der Waals surface area contributed by atoms with E-state index >= 15 is 0 Å². The van der Waals surface area contributed by atoms with Gasteiger partial charge in [0.25, 0.3) is 0 Å². The second-order valence-electron chi connectivity index (χ2n) is 3.77. The third-order valence-electron chi connectivity index (χ3n) is 2.48. The van der Waals surface area contributed by atoms with Crippen molar-refractivity contribution in [3.63, 3.8) is 0 Å². The predicted octanol–water partition coefficient (Wildman–Crippen LogP) is 4.17. The van der Waals surface area contributed by atoms with Crippen molar-refractivity contribution >= 4 is 15.9 Å². The van der Waals surface area contributed by atoms with Crippen LogP contribution in [0.5, 0.6) is 0 Å². The van der Waals surface area contributed by atoms with Gasteiger partial charge in [-0.25, -0.2) is 4.39 Å². The predicted molar refractivity (Wildman–Crippen MR) is 65.2 cm³/mol. The molecule has 1 nitrogen and oxygen atoms in total. The minimum atomic E-state index is -0.214. The Balaban J connectivity index is 2.61. The molecule has 84 valence electrons. The van der Waals surface area contributed by atoms with Crippen molar-refractivity contribution in [3.05, 3.63) is 34.1 Å². The van der Waals surface area contributed by atoms with Gasteiger partial charge in [0.05, 0.1) is 0 Å². The average molecular weight is 274 g/mol. The molecule has 15 heavy (non-hydrogen) atoms. The van der Waals surface area contributed by atoms with Gasteiger partial charge in [0.2, 0.25) is 0 Å². The van der Waals surface area contributed by atoms with Crippen molar-refractivity contribution in [2.24, 2.45) is 5.73 Å². The fourth-order valence-corrected chi connectivity index (χ4v) is 1.91. The second-order valence-corrected chi connectivity index (χ2v) is 4.68. The summed E-state index contributed by atoms with van der Waals surface area (Å²) < 4.78 is 14.3. The molecule has 0 amide bonds. The van der Waals surface area contributed by atoms with E-state index in [1.165, 1.54) is 6.07 Å². The quantitative estimate of drug-likeness (QED) is 0.801. The summed E-state index contributed by atoms with van der Waals surface area (Å²) >= 11 is 3.23. The molecular weight excluding hydrogens is 257 g/mol. The lowest BCUT2D eigenvalue weighted by atomic mass is 10.0. The summed E-state index contributed by atoms with van der Waals surface area (Å²) in [7, 11) is 0. The minimum Gasteiger partial charge on any atom is -0.324 e. The monoisotopic (exact) mass is 273 g/mol. The van der Waals surface area contributed by atoms with E-state index < -0.39 is 0 Å². The van der Waals surface area contributed by atoms with Gasteiger partial charge in [-0.05, 0) is 18.6 Å². The third kappa shape index (κ3) is 3.92. The average Bonchev–Trinajstić information content (AvgIpc) is 2.17. The van der Waals surface area contributed by atoms with Gasteiger partial charge in [-0.15, -0.1) is 0 Å². The summed E-state index contributed by atoms with van der Waals surface area (Å²) in [5, 5.41) is 0. The maximum absolute atomic E-state index is 13.5. The molecule has 0 fully saturated rings. The molecule has 0 aliphatic heterocycles. The number of hydrogen-bond acceptors (Lipinski definition) is 1. The topological polar surface area (TPSA) is 26.0 Å². The Hall–Kier alpha value is -0.410. The Morgan fingerprint density at radius 3 is 2.73 bits per heavy atom. The van der Waals surface area contributed by atoms with E-state index in [0.717, 1.165) is 30.2 Å². The van der Waals surface area contributed by atoms with Crippen LogP contribution in [-0.2, 0) is 0 Å². The summed E-state index contributed by atoms with van der Waals surface area (Å²) in [5.41, 5.74) is 6.55. The molecule has 1 atom stereocenters. The van der Waals surface area contributed by atoms with E-state index in [0.29, 0.717) is 5.56 Å². The van der Waals surface area contributed by atoms with Gasteiger partial charge in [0, 0.05) is 16.1 Å². The maximum atomic E-state index is 13.5.